The van der Waals surface area contributed by atoms with Gasteiger partial charge in [0.05, 0.1) is 16.7 Å². The number of hydrogen-bond donors (Lipinski definition) is 1. The zero-order valence-corrected chi connectivity index (χ0v) is 10.6. The number of nitrogens with one attached hydrogen (secondary N) is 1. The van der Waals surface area contributed by atoms with E-state index in [0.29, 0.717) is 0 Å². The summed E-state index contributed by atoms with van der Waals surface area (Å²) in [5.41, 5.74) is 2.16. The fourth-order valence-electron chi connectivity index (χ4n) is 1.64. The van der Waals surface area contributed by atoms with Crippen molar-refractivity contribution in [2.24, 2.45) is 7.05 Å². The van der Waals surface area contributed by atoms with Gasteiger partial charge in [-0.3, -0.25) is 4.68 Å². The number of likely N-dealkylation sites (N-methyl/N-ethyl adjacent to an activating group) is 1. The number of hydrogen-bond acceptors (Lipinski definition) is 4. The Morgan fingerprint density at radius 3 is 2.88 bits per heavy atom. The van der Waals surface area contributed by atoms with E-state index >= 15 is 0 Å². The molecule has 0 amide bonds. The molecule has 16 heavy (non-hydrogen) atoms. The normalized spacial score (nSPS) is 12.9. The van der Waals surface area contributed by atoms with E-state index in [1.165, 1.54) is 0 Å². The van der Waals surface area contributed by atoms with Gasteiger partial charge >= 0.3 is 0 Å². The van der Waals surface area contributed by atoms with Crippen molar-refractivity contribution >= 4 is 11.3 Å². The number of rotatable bonds is 4. The first-order valence-corrected chi connectivity index (χ1v) is 6.15. The highest BCUT2D eigenvalue weighted by molar-refractivity contribution is 7.09. The average molecular weight is 236 g/mol. The molecule has 0 aliphatic heterocycles. The van der Waals surface area contributed by atoms with E-state index in [1.807, 2.05) is 38.0 Å². The molecule has 2 rings (SSSR count). The van der Waals surface area contributed by atoms with Gasteiger partial charge in [-0.2, -0.15) is 5.10 Å². The number of aryl methyl sites for hydroxylation is 2. The minimum atomic E-state index is 0.242. The molecule has 0 aliphatic rings. The van der Waals surface area contributed by atoms with Gasteiger partial charge in [0.2, 0.25) is 0 Å². The standard InChI is InChI=1S/C11H16N4S/c1-8-7-16-11(13-8)6-10(12-2)9-4-5-15(3)14-9/h4-5,7,10,12H,6H2,1-3H3. The Morgan fingerprint density at radius 2 is 2.38 bits per heavy atom. The van der Waals surface area contributed by atoms with Crippen molar-refractivity contribution < 1.29 is 0 Å². The van der Waals surface area contributed by atoms with Crippen LogP contribution >= 0.6 is 11.3 Å². The zero-order chi connectivity index (χ0) is 11.5. The Morgan fingerprint density at radius 1 is 1.56 bits per heavy atom. The van der Waals surface area contributed by atoms with Gasteiger partial charge < -0.3 is 5.32 Å². The fraction of sp³-hybridized carbons (Fsp3) is 0.455. The SMILES string of the molecule is CNC(Cc1nc(C)cs1)c1ccn(C)n1. The maximum atomic E-state index is 4.47. The second-order valence-electron chi connectivity index (χ2n) is 3.84. The molecule has 2 aromatic heterocycles. The van der Waals surface area contributed by atoms with E-state index in [0.717, 1.165) is 22.8 Å². The van der Waals surface area contributed by atoms with Gasteiger partial charge in [-0.25, -0.2) is 4.98 Å². The van der Waals surface area contributed by atoms with E-state index in [-0.39, 0.29) is 6.04 Å². The number of aromatic nitrogens is 3. The van der Waals surface area contributed by atoms with Crippen LogP contribution in [0.15, 0.2) is 17.6 Å². The van der Waals surface area contributed by atoms with Crippen molar-refractivity contribution in [2.75, 3.05) is 7.05 Å². The average Bonchev–Trinajstić information content (AvgIpc) is 2.84. The zero-order valence-electron chi connectivity index (χ0n) is 9.77. The van der Waals surface area contributed by atoms with Crippen molar-refractivity contribution in [3.63, 3.8) is 0 Å². The second kappa shape index (κ2) is 4.76. The van der Waals surface area contributed by atoms with Crippen LogP contribution in [0.25, 0.3) is 0 Å². The Kier molecular flexibility index (Phi) is 3.36. The van der Waals surface area contributed by atoms with Crippen LogP contribution in [-0.2, 0) is 13.5 Å². The molecular weight excluding hydrogens is 220 g/mol. The predicted octanol–water partition coefficient (Wildman–Crippen LogP) is 1.69. The van der Waals surface area contributed by atoms with Crippen LogP contribution in [0, 0.1) is 6.92 Å². The molecule has 5 heteroatoms. The summed E-state index contributed by atoms with van der Waals surface area (Å²) >= 11 is 1.71. The molecule has 2 heterocycles. The van der Waals surface area contributed by atoms with Gasteiger partial charge in [-0.15, -0.1) is 11.3 Å². The van der Waals surface area contributed by atoms with E-state index < -0.39 is 0 Å². The Bertz CT molecular complexity index is 460. The van der Waals surface area contributed by atoms with Crippen LogP contribution in [0.4, 0.5) is 0 Å². The first-order chi connectivity index (χ1) is 7.69. The number of thiazole rings is 1. The monoisotopic (exact) mass is 236 g/mol. The van der Waals surface area contributed by atoms with Gasteiger partial charge in [0, 0.05) is 30.7 Å². The van der Waals surface area contributed by atoms with Crippen molar-refractivity contribution in [1.29, 1.82) is 0 Å². The Labute approximate surface area is 99.3 Å². The lowest BCUT2D eigenvalue weighted by Gasteiger charge is -2.11. The van der Waals surface area contributed by atoms with Crippen molar-refractivity contribution in [3.8, 4) is 0 Å². The molecule has 0 aromatic carbocycles. The number of nitrogens with zero attached hydrogens (tertiary/aromatic N) is 3. The minimum absolute atomic E-state index is 0.242. The van der Waals surface area contributed by atoms with E-state index in [1.54, 1.807) is 11.3 Å². The van der Waals surface area contributed by atoms with Gasteiger partial charge in [-0.05, 0) is 20.0 Å². The lowest BCUT2D eigenvalue weighted by Crippen LogP contribution is -2.19. The summed E-state index contributed by atoms with van der Waals surface area (Å²) in [4.78, 5) is 4.47. The van der Waals surface area contributed by atoms with Crippen LogP contribution in [0.2, 0.25) is 0 Å². The van der Waals surface area contributed by atoms with Gasteiger partial charge in [0.1, 0.15) is 0 Å². The van der Waals surface area contributed by atoms with Crippen molar-refractivity contribution in [3.05, 3.63) is 34.0 Å². The molecule has 1 N–H and O–H groups in total. The molecule has 0 aliphatic carbocycles. The quantitative estimate of drug-likeness (QED) is 0.878. The summed E-state index contributed by atoms with van der Waals surface area (Å²) in [6.45, 7) is 2.02. The van der Waals surface area contributed by atoms with Crippen LogP contribution in [-0.4, -0.2) is 21.8 Å². The lowest BCUT2D eigenvalue weighted by atomic mass is 10.1. The smallest absolute Gasteiger partial charge is 0.0947 e. The summed E-state index contributed by atoms with van der Waals surface area (Å²) in [7, 11) is 3.89. The highest BCUT2D eigenvalue weighted by atomic mass is 32.1. The van der Waals surface area contributed by atoms with Gasteiger partial charge in [-0.1, -0.05) is 0 Å². The summed E-state index contributed by atoms with van der Waals surface area (Å²) in [5, 5.41) is 10.9. The molecule has 0 saturated carbocycles. The fourth-order valence-corrected chi connectivity index (χ4v) is 2.46. The maximum Gasteiger partial charge on any atom is 0.0947 e. The van der Waals surface area contributed by atoms with Crippen LogP contribution in [0.1, 0.15) is 22.4 Å². The first-order valence-electron chi connectivity index (χ1n) is 5.27. The van der Waals surface area contributed by atoms with Gasteiger partial charge in [0.25, 0.3) is 0 Å². The third-order valence-corrected chi connectivity index (χ3v) is 3.47. The molecular formula is C11H16N4S. The molecule has 0 saturated heterocycles. The minimum Gasteiger partial charge on any atom is -0.311 e. The van der Waals surface area contributed by atoms with Crippen LogP contribution in [0.5, 0.6) is 0 Å². The highest BCUT2D eigenvalue weighted by Crippen LogP contribution is 2.18. The molecule has 0 fully saturated rings. The van der Waals surface area contributed by atoms with Gasteiger partial charge in [0.15, 0.2) is 0 Å². The summed E-state index contributed by atoms with van der Waals surface area (Å²) in [6.07, 6.45) is 2.86. The predicted molar refractivity (Wildman–Crippen MR) is 65.6 cm³/mol. The molecule has 4 nitrogen and oxygen atoms in total. The summed E-state index contributed by atoms with van der Waals surface area (Å²) < 4.78 is 1.83. The Balaban J connectivity index is 2.12. The van der Waals surface area contributed by atoms with Crippen LogP contribution in [0.3, 0.4) is 0 Å². The van der Waals surface area contributed by atoms with Crippen molar-refractivity contribution in [1.82, 2.24) is 20.1 Å². The molecule has 2 aromatic rings. The maximum absolute atomic E-state index is 4.47. The molecule has 1 atom stereocenters. The molecule has 1 unspecified atom stereocenters. The molecule has 0 radical (unpaired) electrons. The highest BCUT2D eigenvalue weighted by Gasteiger charge is 2.14. The molecule has 0 spiro atoms. The Hall–Kier alpha value is -1.20. The third kappa shape index (κ3) is 2.48. The lowest BCUT2D eigenvalue weighted by molar-refractivity contribution is 0.561. The topological polar surface area (TPSA) is 42.7 Å². The van der Waals surface area contributed by atoms with Crippen molar-refractivity contribution in [2.45, 2.75) is 19.4 Å². The van der Waals surface area contributed by atoms with Crippen LogP contribution < -0.4 is 5.32 Å². The first kappa shape index (κ1) is 11.3. The molecule has 86 valence electrons. The van der Waals surface area contributed by atoms with E-state index in [9.17, 15) is 0 Å². The largest absolute Gasteiger partial charge is 0.311 e. The van der Waals surface area contributed by atoms with E-state index in [2.05, 4.69) is 20.8 Å². The summed E-state index contributed by atoms with van der Waals surface area (Å²) in [6, 6.07) is 2.29. The molecule has 0 bridgehead atoms. The summed E-state index contributed by atoms with van der Waals surface area (Å²) in [5.74, 6) is 0. The third-order valence-electron chi connectivity index (χ3n) is 2.49. The van der Waals surface area contributed by atoms with E-state index in [4.69, 9.17) is 0 Å². The second-order valence-corrected chi connectivity index (χ2v) is 4.78.